The van der Waals surface area contributed by atoms with Crippen molar-refractivity contribution >= 4 is 48.9 Å². The van der Waals surface area contributed by atoms with E-state index in [0.717, 1.165) is 37.0 Å². The van der Waals surface area contributed by atoms with Crippen molar-refractivity contribution in [2.45, 2.75) is 43.7 Å². The number of nitrogens with one attached hydrogen (secondary N) is 1. The molecule has 1 heterocycles. The lowest BCUT2D eigenvalue weighted by Crippen LogP contribution is -2.28. The Kier molecular flexibility index (Phi) is 7.32. The Morgan fingerprint density at radius 1 is 1.47 bits per heavy atom. The molecule has 1 N–H and O–H groups in total. The maximum Gasteiger partial charge on any atom is 0.250 e. The van der Waals surface area contributed by atoms with Gasteiger partial charge in [0.05, 0.1) is 8.81 Å². The highest BCUT2D eigenvalue weighted by molar-refractivity contribution is 9.11. The Labute approximate surface area is 132 Å². The molecule has 1 aromatic rings. The molecule has 0 amide bonds. The number of halogens is 2. The third-order valence-electron chi connectivity index (χ3n) is 2.99. The molecule has 110 valence electrons. The summed E-state index contributed by atoms with van der Waals surface area (Å²) in [5.41, 5.74) is 0. The fourth-order valence-electron chi connectivity index (χ4n) is 1.70. The fourth-order valence-corrected chi connectivity index (χ4v) is 5.26. The van der Waals surface area contributed by atoms with E-state index in [-0.39, 0.29) is 4.21 Å². The van der Waals surface area contributed by atoms with Crippen LogP contribution < -0.4 is 4.72 Å². The van der Waals surface area contributed by atoms with E-state index in [1.54, 1.807) is 0 Å². The topological polar surface area (TPSA) is 46.2 Å². The van der Waals surface area contributed by atoms with Gasteiger partial charge in [-0.1, -0.05) is 44.7 Å². The summed E-state index contributed by atoms with van der Waals surface area (Å²) in [6.07, 6.45) is 4.31. The van der Waals surface area contributed by atoms with Crippen LogP contribution in [0.1, 0.15) is 39.5 Å². The molecule has 0 bridgehead atoms. The van der Waals surface area contributed by atoms with Gasteiger partial charge >= 0.3 is 0 Å². The summed E-state index contributed by atoms with van der Waals surface area (Å²) in [5.74, 6) is 0.397. The number of sulfonamides is 1. The van der Waals surface area contributed by atoms with Gasteiger partial charge in [-0.05, 0) is 34.3 Å². The van der Waals surface area contributed by atoms with Crippen molar-refractivity contribution in [1.82, 2.24) is 4.72 Å². The summed E-state index contributed by atoms with van der Waals surface area (Å²) in [7, 11) is -3.44. The first-order chi connectivity index (χ1) is 8.90. The zero-order valence-corrected chi connectivity index (χ0v) is 15.1. The Bertz CT molecular complexity index is 482. The standard InChI is InChI=1S/C12H19BrClNO2S2/c1-3-5-6-9(4-2)8-15-19(16,17)11-7-10(14)12(13)18-11/h7,9,15H,3-6,8H2,1-2H3. The van der Waals surface area contributed by atoms with Crippen LogP contribution in [0.3, 0.4) is 0 Å². The number of unbranched alkanes of at least 4 members (excludes halogenated alkanes) is 1. The molecule has 0 aromatic carbocycles. The minimum absolute atomic E-state index is 0.259. The fraction of sp³-hybridized carbons (Fsp3) is 0.667. The van der Waals surface area contributed by atoms with E-state index >= 15 is 0 Å². The summed E-state index contributed by atoms with van der Waals surface area (Å²) < 4.78 is 27.8. The van der Waals surface area contributed by atoms with Crippen LogP contribution in [-0.4, -0.2) is 15.0 Å². The molecule has 1 aromatic heterocycles. The van der Waals surface area contributed by atoms with Gasteiger partial charge in [0.25, 0.3) is 0 Å². The van der Waals surface area contributed by atoms with Crippen LogP contribution in [-0.2, 0) is 10.0 Å². The first-order valence-electron chi connectivity index (χ1n) is 6.35. The van der Waals surface area contributed by atoms with Crippen LogP contribution >= 0.6 is 38.9 Å². The van der Waals surface area contributed by atoms with Gasteiger partial charge in [0.2, 0.25) is 10.0 Å². The first kappa shape index (κ1) is 17.4. The lowest BCUT2D eigenvalue weighted by molar-refractivity contribution is 0.444. The van der Waals surface area contributed by atoms with E-state index in [1.165, 1.54) is 6.07 Å². The summed E-state index contributed by atoms with van der Waals surface area (Å²) in [6, 6.07) is 1.48. The van der Waals surface area contributed by atoms with E-state index in [9.17, 15) is 8.42 Å². The molecule has 0 aliphatic heterocycles. The molecule has 19 heavy (non-hydrogen) atoms. The maximum absolute atomic E-state index is 12.1. The third-order valence-corrected chi connectivity index (χ3v) is 7.36. The van der Waals surface area contributed by atoms with Gasteiger partial charge in [0.15, 0.2) is 0 Å². The van der Waals surface area contributed by atoms with Crippen molar-refractivity contribution in [2.75, 3.05) is 6.54 Å². The number of rotatable bonds is 8. The Hall–Kier alpha value is 0.380. The Balaban J connectivity index is 2.64. The van der Waals surface area contributed by atoms with Crippen LogP contribution in [0, 0.1) is 5.92 Å². The zero-order valence-electron chi connectivity index (χ0n) is 11.1. The average Bonchev–Trinajstić information content (AvgIpc) is 2.71. The van der Waals surface area contributed by atoms with Crippen molar-refractivity contribution < 1.29 is 8.42 Å². The van der Waals surface area contributed by atoms with Crippen molar-refractivity contribution in [3.05, 3.63) is 14.9 Å². The molecule has 0 saturated carbocycles. The third kappa shape index (κ3) is 5.34. The second kappa shape index (κ2) is 7.98. The number of hydrogen-bond acceptors (Lipinski definition) is 3. The van der Waals surface area contributed by atoms with Crippen molar-refractivity contribution in [2.24, 2.45) is 5.92 Å². The average molecular weight is 389 g/mol. The molecule has 7 heteroatoms. The highest BCUT2D eigenvalue weighted by Crippen LogP contribution is 2.34. The quantitative estimate of drug-likeness (QED) is 0.704. The summed E-state index contributed by atoms with van der Waals surface area (Å²) in [5, 5.41) is 0.434. The predicted octanol–water partition coefficient (Wildman–Crippen LogP) is 4.66. The molecule has 0 fully saturated rings. The maximum atomic E-state index is 12.1. The molecule has 3 nitrogen and oxygen atoms in total. The van der Waals surface area contributed by atoms with Crippen LogP contribution in [0.4, 0.5) is 0 Å². The minimum Gasteiger partial charge on any atom is -0.210 e. The van der Waals surface area contributed by atoms with Crippen LogP contribution in [0.25, 0.3) is 0 Å². The summed E-state index contributed by atoms with van der Waals surface area (Å²) in [6.45, 7) is 4.72. The molecule has 0 saturated heterocycles. The van der Waals surface area contributed by atoms with Gasteiger partial charge in [0, 0.05) is 6.54 Å². The molecule has 1 rings (SSSR count). The van der Waals surface area contributed by atoms with E-state index < -0.39 is 10.0 Å². The zero-order chi connectivity index (χ0) is 14.5. The normalized spacial score (nSPS) is 13.7. The van der Waals surface area contributed by atoms with Gasteiger partial charge in [-0.15, -0.1) is 11.3 Å². The predicted molar refractivity (Wildman–Crippen MR) is 85.5 cm³/mol. The van der Waals surface area contributed by atoms with Crippen LogP contribution in [0.15, 0.2) is 14.1 Å². The molecule has 1 unspecified atom stereocenters. The second-order valence-corrected chi connectivity index (χ2v) is 9.23. The highest BCUT2D eigenvalue weighted by Gasteiger charge is 2.20. The summed E-state index contributed by atoms with van der Waals surface area (Å²) in [4.78, 5) is 0. The lowest BCUT2D eigenvalue weighted by atomic mass is 10.00. The molecule has 1 atom stereocenters. The SMILES string of the molecule is CCCCC(CC)CNS(=O)(=O)c1cc(Cl)c(Br)s1. The molecule has 0 aliphatic carbocycles. The highest BCUT2D eigenvalue weighted by atomic mass is 79.9. The van der Waals surface area contributed by atoms with Crippen molar-refractivity contribution in [3.63, 3.8) is 0 Å². The number of hydrogen-bond donors (Lipinski definition) is 1. The second-order valence-electron chi connectivity index (χ2n) is 4.46. The van der Waals surface area contributed by atoms with Gasteiger partial charge in [-0.3, -0.25) is 0 Å². The minimum atomic E-state index is -3.44. The Morgan fingerprint density at radius 3 is 2.63 bits per heavy atom. The van der Waals surface area contributed by atoms with Crippen molar-refractivity contribution in [3.8, 4) is 0 Å². The van der Waals surface area contributed by atoms with E-state index in [4.69, 9.17) is 11.6 Å². The van der Waals surface area contributed by atoms with E-state index in [1.807, 2.05) is 0 Å². The summed E-state index contributed by atoms with van der Waals surface area (Å²) >= 11 is 10.2. The first-order valence-corrected chi connectivity index (χ1v) is 9.82. The molecule has 0 radical (unpaired) electrons. The van der Waals surface area contributed by atoms with Crippen LogP contribution in [0.2, 0.25) is 5.02 Å². The van der Waals surface area contributed by atoms with Crippen LogP contribution in [0.5, 0.6) is 0 Å². The monoisotopic (exact) mass is 387 g/mol. The largest absolute Gasteiger partial charge is 0.250 e. The smallest absolute Gasteiger partial charge is 0.210 e. The van der Waals surface area contributed by atoms with E-state index in [0.29, 0.717) is 21.3 Å². The molecular formula is C12H19BrClNO2S2. The molecule has 0 spiro atoms. The van der Waals surface area contributed by atoms with Crippen molar-refractivity contribution in [1.29, 1.82) is 0 Å². The van der Waals surface area contributed by atoms with Gasteiger partial charge < -0.3 is 0 Å². The van der Waals surface area contributed by atoms with Gasteiger partial charge in [0.1, 0.15) is 4.21 Å². The van der Waals surface area contributed by atoms with E-state index in [2.05, 4.69) is 34.5 Å². The molecule has 0 aliphatic rings. The number of thiophene rings is 1. The Morgan fingerprint density at radius 2 is 2.16 bits per heavy atom. The van der Waals surface area contributed by atoms with Gasteiger partial charge in [-0.2, -0.15) is 0 Å². The lowest BCUT2D eigenvalue weighted by Gasteiger charge is -2.14. The van der Waals surface area contributed by atoms with Gasteiger partial charge in [-0.25, -0.2) is 13.1 Å². The molecular weight excluding hydrogens is 370 g/mol.